The Hall–Kier alpha value is -1.77. The van der Waals surface area contributed by atoms with Crippen LogP contribution in [-0.2, 0) is 12.3 Å². The average Bonchev–Trinajstić information content (AvgIpc) is 3.11. The fraction of sp³-hybridized carbons (Fsp3) is 0.222. The minimum absolute atomic E-state index is 0.0279. The lowest BCUT2D eigenvalue weighted by molar-refractivity contribution is 0.171. The molecule has 3 heterocycles. The largest absolute Gasteiger partial charge is 0.486 e. The fourth-order valence-corrected chi connectivity index (χ4v) is 5.14. The Bertz CT molecular complexity index is 1040. The molecule has 0 atom stereocenters. The molecule has 0 amide bonds. The van der Waals surface area contributed by atoms with Crippen molar-refractivity contribution in [2.75, 3.05) is 13.2 Å². The Morgan fingerprint density at radius 1 is 1.35 bits per heavy atom. The van der Waals surface area contributed by atoms with Crippen molar-refractivity contribution in [2.24, 2.45) is 0 Å². The van der Waals surface area contributed by atoms with Crippen LogP contribution >= 0.6 is 39.0 Å². The molecule has 8 heteroatoms. The van der Waals surface area contributed by atoms with Crippen molar-refractivity contribution in [3.63, 3.8) is 0 Å². The number of thioether (sulfide) groups is 1. The minimum Gasteiger partial charge on any atom is -0.486 e. The molecule has 0 fully saturated rings. The molecule has 3 aromatic rings. The molecular formula is C18H15BrN2O3S2. The molecule has 2 aromatic heterocycles. The van der Waals surface area contributed by atoms with Crippen LogP contribution in [0.4, 0.5) is 0 Å². The number of allylic oxidation sites excluding steroid dienone is 1. The molecule has 134 valence electrons. The molecule has 0 radical (unpaired) electrons. The van der Waals surface area contributed by atoms with E-state index in [0.717, 1.165) is 26.4 Å². The molecule has 0 N–H and O–H groups in total. The molecule has 0 spiro atoms. The van der Waals surface area contributed by atoms with Gasteiger partial charge in [0.1, 0.15) is 18.0 Å². The summed E-state index contributed by atoms with van der Waals surface area (Å²) in [6.45, 7) is 5.30. The first-order chi connectivity index (χ1) is 12.7. The molecule has 0 aliphatic carbocycles. The van der Waals surface area contributed by atoms with E-state index in [1.165, 1.54) is 23.1 Å². The van der Waals surface area contributed by atoms with Gasteiger partial charge in [0.05, 0.1) is 5.39 Å². The van der Waals surface area contributed by atoms with Gasteiger partial charge in [0.25, 0.3) is 5.56 Å². The normalized spacial score (nSPS) is 13.1. The molecule has 4 rings (SSSR count). The second-order valence-electron chi connectivity index (χ2n) is 5.61. The zero-order valence-corrected chi connectivity index (χ0v) is 17.0. The van der Waals surface area contributed by atoms with Crippen LogP contribution in [0.2, 0.25) is 0 Å². The number of fused-ring (bicyclic) bond motifs is 2. The number of nitrogens with zero attached hydrogens (tertiary/aromatic N) is 2. The SMILES string of the molecule is C=CCn1c(SCc2cc3c(cc2Br)OCCO3)nc2sccc2c1=O. The van der Waals surface area contributed by atoms with Crippen molar-refractivity contribution >= 4 is 49.2 Å². The van der Waals surface area contributed by atoms with Gasteiger partial charge in [-0.25, -0.2) is 4.98 Å². The summed E-state index contributed by atoms with van der Waals surface area (Å²) in [6.07, 6.45) is 1.71. The Morgan fingerprint density at radius 3 is 2.88 bits per heavy atom. The van der Waals surface area contributed by atoms with Gasteiger partial charge in [0.2, 0.25) is 0 Å². The van der Waals surface area contributed by atoms with Crippen LogP contribution in [0.1, 0.15) is 5.56 Å². The number of aromatic nitrogens is 2. The topological polar surface area (TPSA) is 53.4 Å². The highest BCUT2D eigenvalue weighted by molar-refractivity contribution is 9.10. The van der Waals surface area contributed by atoms with Crippen LogP contribution in [0, 0.1) is 0 Å². The number of rotatable bonds is 5. The van der Waals surface area contributed by atoms with Crippen LogP contribution in [0.25, 0.3) is 10.2 Å². The van der Waals surface area contributed by atoms with Crippen molar-refractivity contribution in [2.45, 2.75) is 17.5 Å². The van der Waals surface area contributed by atoms with E-state index in [0.29, 0.717) is 36.1 Å². The maximum Gasteiger partial charge on any atom is 0.263 e. The first-order valence-electron chi connectivity index (χ1n) is 7.97. The smallest absolute Gasteiger partial charge is 0.263 e. The molecule has 0 unspecified atom stereocenters. The van der Waals surface area contributed by atoms with Gasteiger partial charge in [-0.2, -0.15) is 0 Å². The molecule has 1 aliphatic heterocycles. The molecule has 5 nitrogen and oxygen atoms in total. The number of benzene rings is 1. The Balaban J connectivity index is 1.66. The number of hydrogen-bond acceptors (Lipinski definition) is 6. The summed E-state index contributed by atoms with van der Waals surface area (Å²) in [5, 5.41) is 3.23. The molecule has 0 bridgehead atoms. The summed E-state index contributed by atoms with van der Waals surface area (Å²) in [5.74, 6) is 2.15. The predicted molar refractivity (Wildman–Crippen MR) is 109 cm³/mol. The maximum atomic E-state index is 12.7. The third-order valence-corrected chi connectivity index (χ3v) is 6.50. The van der Waals surface area contributed by atoms with Crippen LogP contribution in [-0.4, -0.2) is 22.8 Å². The second kappa shape index (κ2) is 7.46. The van der Waals surface area contributed by atoms with Gasteiger partial charge >= 0.3 is 0 Å². The summed E-state index contributed by atoms with van der Waals surface area (Å²) in [6, 6.07) is 5.73. The van der Waals surface area contributed by atoms with E-state index >= 15 is 0 Å². The van der Waals surface area contributed by atoms with Crippen molar-refractivity contribution in [3.05, 3.63) is 56.6 Å². The zero-order valence-electron chi connectivity index (χ0n) is 13.7. The Labute approximate surface area is 166 Å². The summed E-state index contributed by atoms with van der Waals surface area (Å²) in [5.41, 5.74) is 1.03. The van der Waals surface area contributed by atoms with Crippen molar-refractivity contribution in [1.29, 1.82) is 0 Å². The maximum absolute atomic E-state index is 12.7. The van der Waals surface area contributed by atoms with Crippen LogP contribution in [0.5, 0.6) is 11.5 Å². The van der Waals surface area contributed by atoms with Crippen molar-refractivity contribution in [3.8, 4) is 11.5 Å². The quantitative estimate of drug-likeness (QED) is 0.326. The van der Waals surface area contributed by atoms with Gasteiger partial charge in [-0.3, -0.25) is 9.36 Å². The van der Waals surface area contributed by atoms with Crippen LogP contribution < -0.4 is 15.0 Å². The van der Waals surface area contributed by atoms with E-state index in [1.54, 1.807) is 10.6 Å². The first-order valence-corrected chi connectivity index (χ1v) is 10.6. The monoisotopic (exact) mass is 450 g/mol. The third kappa shape index (κ3) is 3.28. The molecule has 1 aromatic carbocycles. The van der Waals surface area contributed by atoms with Crippen molar-refractivity contribution < 1.29 is 9.47 Å². The number of thiophene rings is 1. The zero-order chi connectivity index (χ0) is 18.1. The van der Waals surface area contributed by atoms with Gasteiger partial charge < -0.3 is 9.47 Å². The Morgan fingerprint density at radius 2 is 2.12 bits per heavy atom. The molecule has 26 heavy (non-hydrogen) atoms. The van der Waals surface area contributed by atoms with E-state index in [9.17, 15) is 4.79 Å². The molecular weight excluding hydrogens is 436 g/mol. The second-order valence-corrected chi connectivity index (χ2v) is 8.31. The fourth-order valence-electron chi connectivity index (χ4n) is 2.69. The van der Waals surface area contributed by atoms with Crippen LogP contribution in [0.3, 0.4) is 0 Å². The number of hydrogen-bond donors (Lipinski definition) is 0. The standard InChI is InChI=1S/C18H15BrN2O3S2/c1-2-4-21-17(22)12-3-7-25-16(12)20-18(21)26-10-11-8-14-15(9-13(11)19)24-6-5-23-14/h2-3,7-9H,1,4-6,10H2. The molecule has 0 saturated carbocycles. The predicted octanol–water partition coefficient (Wildman–Crippen LogP) is 4.47. The first kappa shape index (κ1) is 17.6. The lowest BCUT2D eigenvalue weighted by Crippen LogP contribution is -2.22. The van der Waals surface area contributed by atoms with E-state index in [-0.39, 0.29) is 5.56 Å². The van der Waals surface area contributed by atoms with Gasteiger partial charge in [-0.05, 0) is 29.1 Å². The third-order valence-electron chi connectivity index (χ3n) is 3.93. The Kier molecular flexibility index (Phi) is 5.06. The molecule has 1 aliphatic rings. The minimum atomic E-state index is -0.0279. The lowest BCUT2D eigenvalue weighted by Gasteiger charge is -2.20. The highest BCUT2D eigenvalue weighted by Gasteiger charge is 2.17. The summed E-state index contributed by atoms with van der Waals surface area (Å²) in [7, 11) is 0. The highest BCUT2D eigenvalue weighted by Crippen LogP contribution is 2.37. The van der Waals surface area contributed by atoms with Crippen LogP contribution in [0.15, 0.2) is 50.7 Å². The summed E-state index contributed by atoms with van der Waals surface area (Å²) < 4.78 is 13.9. The number of halogens is 1. The average molecular weight is 451 g/mol. The van der Waals surface area contributed by atoms with Gasteiger partial charge in [0.15, 0.2) is 16.7 Å². The van der Waals surface area contributed by atoms with Gasteiger partial charge in [-0.1, -0.05) is 33.8 Å². The van der Waals surface area contributed by atoms with E-state index in [2.05, 4.69) is 27.5 Å². The number of ether oxygens (including phenoxy) is 2. The van der Waals surface area contributed by atoms with E-state index < -0.39 is 0 Å². The highest BCUT2D eigenvalue weighted by atomic mass is 79.9. The lowest BCUT2D eigenvalue weighted by atomic mass is 10.2. The van der Waals surface area contributed by atoms with E-state index in [4.69, 9.17) is 9.47 Å². The summed E-state index contributed by atoms with van der Waals surface area (Å²) in [4.78, 5) is 18.1. The van der Waals surface area contributed by atoms with E-state index in [1.807, 2.05) is 23.6 Å². The van der Waals surface area contributed by atoms with Crippen molar-refractivity contribution in [1.82, 2.24) is 9.55 Å². The molecule has 0 saturated heterocycles. The summed E-state index contributed by atoms with van der Waals surface area (Å²) >= 11 is 6.59. The van der Waals surface area contributed by atoms with Gasteiger partial charge in [0, 0.05) is 16.8 Å². The van der Waals surface area contributed by atoms with Gasteiger partial charge in [-0.15, -0.1) is 17.9 Å².